The number of rotatable bonds is 0. The molecule has 1 nitrogen and oxygen atoms in total. The summed E-state index contributed by atoms with van der Waals surface area (Å²) in [5, 5.41) is 6.85. The Bertz CT molecular complexity index is 351. The van der Waals surface area contributed by atoms with Gasteiger partial charge in [0.1, 0.15) is 0 Å². The van der Waals surface area contributed by atoms with Crippen molar-refractivity contribution in [3.05, 3.63) is 39.0 Å². The van der Waals surface area contributed by atoms with Crippen LogP contribution in [0.5, 0.6) is 0 Å². The molecule has 2 heterocycles. The highest BCUT2D eigenvalue weighted by Gasteiger charge is 1.87. The number of thiophene rings is 1. The van der Waals surface area contributed by atoms with E-state index < -0.39 is 0 Å². The summed E-state index contributed by atoms with van der Waals surface area (Å²) in [5.41, 5.74) is 1.07. The van der Waals surface area contributed by atoms with Gasteiger partial charge >= 0.3 is 0 Å². The van der Waals surface area contributed by atoms with E-state index in [1.807, 2.05) is 22.2 Å². The first-order valence-corrected chi connectivity index (χ1v) is 5.21. The molecule has 2 aromatic rings. The summed E-state index contributed by atoms with van der Waals surface area (Å²) in [4.78, 5) is 4.06. The van der Waals surface area contributed by atoms with E-state index in [0.717, 1.165) is 10.6 Å². The lowest BCUT2D eigenvalue weighted by Gasteiger charge is -1.75. The number of aromatic nitrogens is 1. The van der Waals surface area contributed by atoms with Crippen molar-refractivity contribution in [2.75, 3.05) is 0 Å². The van der Waals surface area contributed by atoms with Crippen LogP contribution >= 0.6 is 22.7 Å². The average molecular weight is 191 g/mol. The minimum Gasteiger partial charge on any atom is -0.236 e. The molecule has 0 spiro atoms. The summed E-state index contributed by atoms with van der Waals surface area (Å²) < 4.78 is 0. The van der Waals surface area contributed by atoms with Gasteiger partial charge in [-0.15, -0.1) is 11.3 Å². The topological polar surface area (TPSA) is 12.9 Å². The fourth-order valence-electron chi connectivity index (χ4n) is 0.746. The summed E-state index contributed by atoms with van der Waals surface area (Å²) in [6, 6.07) is 2.01. The molecule has 0 radical (unpaired) electrons. The lowest BCUT2D eigenvalue weighted by Crippen LogP contribution is -1.68. The molecule has 2 rings (SSSR count). The molecule has 58 valence electrons. The molecular formula is C9H5NS2. The lowest BCUT2D eigenvalue weighted by molar-refractivity contribution is 1.39. The lowest BCUT2D eigenvalue weighted by atomic mass is 10.3. The van der Waals surface area contributed by atoms with Gasteiger partial charge in [-0.2, -0.15) is 11.3 Å². The van der Waals surface area contributed by atoms with Crippen molar-refractivity contribution in [2.45, 2.75) is 0 Å². The second kappa shape index (κ2) is 3.53. The first-order valence-electron chi connectivity index (χ1n) is 3.39. The van der Waals surface area contributed by atoms with E-state index in [2.05, 4.69) is 16.8 Å². The summed E-state index contributed by atoms with van der Waals surface area (Å²) in [6.07, 6.45) is 1.77. The van der Waals surface area contributed by atoms with Gasteiger partial charge in [-0.25, -0.2) is 4.98 Å². The maximum atomic E-state index is 4.06. The molecule has 0 aliphatic heterocycles. The second-order valence-electron chi connectivity index (χ2n) is 2.10. The van der Waals surface area contributed by atoms with E-state index in [4.69, 9.17) is 0 Å². The van der Waals surface area contributed by atoms with Crippen molar-refractivity contribution in [3.63, 3.8) is 0 Å². The van der Waals surface area contributed by atoms with Crippen molar-refractivity contribution < 1.29 is 0 Å². The number of hydrogen-bond donors (Lipinski definition) is 0. The van der Waals surface area contributed by atoms with Crippen molar-refractivity contribution >= 4 is 22.7 Å². The average Bonchev–Trinajstić information content (AvgIpc) is 2.74. The molecule has 0 aliphatic rings. The normalized spacial score (nSPS) is 9.00. The molecule has 0 saturated carbocycles. The molecule has 0 atom stereocenters. The van der Waals surface area contributed by atoms with Crippen molar-refractivity contribution in [1.29, 1.82) is 0 Å². The van der Waals surface area contributed by atoms with Gasteiger partial charge in [-0.3, -0.25) is 0 Å². The van der Waals surface area contributed by atoms with Crippen molar-refractivity contribution in [3.8, 4) is 11.8 Å². The second-order valence-corrected chi connectivity index (χ2v) is 3.77. The van der Waals surface area contributed by atoms with Gasteiger partial charge in [-0.1, -0.05) is 5.92 Å². The van der Waals surface area contributed by atoms with E-state index in [0.29, 0.717) is 0 Å². The monoisotopic (exact) mass is 191 g/mol. The fourth-order valence-corrected chi connectivity index (χ4v) is 1.82. The highest BCUT2D eigenvalue weighted by atomic mass is 32.1. The van der Waals surface area contributed by atoms with E-state index in [1.165, 1.54) is 0 Å². The zero-order chi connectivity index (χ0) is 8.23. The molecule has 0 unspecified atom stereocenters. The predicted molar refractivity (Wildman–Crippen MR) is 52.4 cm³/mol. The summed E-state index contributed by atoms with van der Waals surface area (Å²) in [6.45, 7) is 0. The maximum Gasteiger partial charge on any atom is 0.167 e. The fraction of sp³-hybridized carbons (Fsp3) is 0. The molecule has 0 bridgehead atoms. The van der Waals surface area contributed by atoms with E-state index in [-0.39, 0.29) is 0 Å². The van der Waals surface area contributed by atoms with Gasteiger partial charge in [-0.05, 0) is 17.4 Å². The van der Waals surface area contributed by atoms with Crippen LogP contribution in [0.3, 0.4) is 0 Å². The van der Waals surface area contributed by atoms with Crippen LogP contribution in [-0.2, 0) is 0 Å². The Morgan fingerprint density at radius 1 is 1.25 bits per heavy atom. The van der Waals surface area contributed by atoms with Crippen LogP contribution in [0.25, 0.3) is 0 Å². The predicted octanol–water partition coefficient (Wildman–Crippen LogP) is 2.60. The third-order valence-corrected chi connectivity index (χ3v) is 2.64. The first-order chi connectivity index (χ1) is 5.95. The minimum absolute atomic E-state index is 0.876. The third-order valence-electron chi connectivity index (χ3n) is 1.27. The van der Waals surface area contributed by atoms with Crippen LogP contribution in [0, 0.1) is 11.8 Å². The Morgan fingerprint density at radius 3 is 2.92 bits per heavy atom. The Kier molecular flexibility index (Phi) is 2.21. The van der Waals surface area contributed by atoms with Crippen LogP contribution in [0.2, 0.25) is 0 Å². The standard InChI is InChI=1S/C9H5NS2/c1(8-3-5-11-7-8)2-9-10-4-6-12-9/h3-7H. The highest BCUT2D eigenvalue weighted by molar-refractivity contribution is 7.10. The van der Waals surface area contributed by atoms with Crippen LogP contribution in [0.1, 0.15) is 10.6 Å². The molecule has 2 aromatic heterocycles. The molecule has 0 aliphatic carbocycles. The molecule has 3 heteroatoms. The number of thiazole rings is 1. The van der Waals surface area contributed by atoms with Gasteiger partial charge in [0.05, 0.1) is 0 Å². The van der Waals surface area contributed by atoms with Crippen molar-refractivity contribution in [1.82, 2.24) is 4.98 Å². The van der Waals surface area contributed by atoms with Crippen LogP contribution in [0.4, 0.5) is 0 Å². The van der Waals surface area contributed by atoms with Crippen molar-refractivity contribution in [2.24, 2.45) is 0 Å². The highest BCUT2D eigenvalue weighted by Crippen LogP contribution is 2.05. The Hall–Kier alpha value is -1.11. The molecule has 12 heavy (non-hydrogen) atoms. The first kappa shape index (κ1) is 7.53. The zero-order valence-corrected chi connectivity index (χ0v) is 7.78. The minimum atomic E-state index is 0.876. The maximum absolute atomic E-state index is 4.06. The van der Waals surface area contributed by atoms with Crippen LogP contribution in [-0.4, -0.2) is 4.98 Å². The molecular weight excluding hydrogens is 186 g/mol. The Morgan fingerprint density at radius 2 is 2.25 bits per heavy atom. The summed E-state index contributed by atoms with van der Waals surface area (Å²) >= 11 is 3.22. The number of hydrogen-bond acceptors (Lipinski definition) is 3. The smallest absolute Gasteiger partial charge is 0.167 e. The molecule has 0 aromatic carbocycles. The SMILES string of the molecule is C(#Cc1nccs1)c1ccsc1. The molecule has 0 amide bonds. The quantitative estimate of drug-likeness (QED) is 0.583. The van der Waals surface area contributed by atoms with Gasteiger partial charge in [0.2, 0.25) is 0 Å². The molecule has 0 N–H and O–H groups in total. The van der Waals surface area contributed by atoms with Gasteiger partial charge in [0.25, 0.3) is 0 Å². The van der Waals surface area contributed by atoms with Gasteiger partial charge < -0.3 is 0 Å². The number of nitrogens with zero attached hydrogens (tertiary/aromatic N) is 1. The summed E-state index contributed by atoms with van der Waals surface area (Å²) in [7, 11) is 0. The third kappa shape index (κ3) is 1.73. The molecule has 0 fully saturated rings. The summed E-state index contributed by atoms with van der Waals surface area (Å²) in [5.74, 6) is 6.03. The van der Waals surface area contributed by atoms with E-state index in [9.17, 15) is 0 Å². The van der Waals surface area contributed by atoms with Gasteiger partial charge in [0.15, 0.2) is 5.01 Å². The van der Waals surface area contributed by atoms with E-state index in [1.54, 1.807) is 28.9 Å². The zero-order valence-electron chi connectivity index (χ0n) is 6.15. The van der Waals surface area contributed by atoms with Crippen LogP contribution in [0.15, 0.2) is 28.4 Å². The van der Waals surface area contributed by atoms with Gasteiger partial charge in [0, 0.05) is 22.5 Å². The molecule has 0 saturated heterocycles. The largest absolute Gasteiger partial charge is 0.236 e. The Labute approximate surface area is 78.7 Å². The van der Waals surface area contributed by atoms with E-state index >= 15 is 0 Å². The Balaban J connectivity index is 2.22. The van der Waals surface area contributed by atoms with Crippen LogP contribution < -0.4 is 0 Å².